The van der Waals surface area contributed by atoms with Crippen LogP contribution in [0.25, 0.3) is 0 Å². The van der Waals surface area contributed by atoms with Crippen LogP contribution in [0.3, 0.4) is 0 Å². The number of carbonyl (C=O) groups is 1. The zero-order valence-electron chi connectivity index (χ0n) is 12.6. The van der Waals surface area contributed by atoms with Gasteiger partial charge in [0, 0.05) is 6.54 Å². The van der Waals surface area contributed by atoms with Gasteiger partial charge in [-0.25, -0.2) is 0 Å². The molecule has 1 unspecified atom stereocenters. The van der Waals surface area contributed by atoms with Gasteiger partial charge in [-0.15, -0.1) is 0 Å². The number of nitrogens with two attached hydrogens (primary N) is 1. The highest BCUT2D eigenvalue weighted by atomic mass is 16.5. The summed E-state index contributed by atoms with van der Waals surface area (Å²) in [5, 5.41) is 0. The summed E-state index contributed by atoms with van der Waals surface area (Å²) in [6, 6.07) is 7.88. The number of benzene rings is 1. The summed E-state index contributed by atoms with van der Waals surface area (Å²) < 4.78 is 10.3. The van der Waals surface area contributed by atoms with Crippen molar-refractivity contribution in [2.24, 2.45) is 11.1 Å². The Morgan fingerprint density at radius 2 is 1.90 bits per heavy atom. The number of ether oxygens (including phenoxy) is 2. The SMILES string of the molecule is CCOC(=O)C(CC)(CN)CCc1ccc(OC)cc1. The van der Waals surface area contributed by atoms with Gasteiger partial charge in [-0.05, 0) is 43.9 Å². The number of hydrogen-bond donors (Lipinski definition) is 1. The van der Waals surface area contributed by atoms with E-state index < -0.39 is 5.41 Å². The molecule has 0 aliphatic rings. The molecule has 0 saturated heterocycles. The molecule has 0 fully saturated rings. The molecule has 4 heteroatoms. The summed E-state index contributed by atoms with van der Waals surface area (Å²) in [4.78, 5) is 12.1. The number of carbonyl (C=O) groups excluding carboxylic acids is 1. The van der Waals surface area contributed by atoms with Crippen molar-refractivity contribution >= 4 is 5.97 Å². The topological polar surface area (TPSA) is 61.5 Å². The second-order valence-corrected chi connectivity index (χ2v) is 4.91. The second-order valence-electron chi connectivity index (χ2n) is 4.91. The first-order valence-corrected chi connectivity index (χ1v) is 7.12. The van der Waals surface area contributed by atoms with Gasteiger partial charge in [-0.3, -0.25) is 4.79 Å². The van der Waals surface area contributed by atoms with E-state index in [1.54, 1.807) is 7.11 Å². The first-order valence-electron chi connectivity index (χ1n) is 7.12. The first kappa shape index (κ1) is 16.5. The molecule has 1 aromatic rings. The van der Waals surface area contributed by atoms with Crippen LogP contribution in [-0.4, -0.2) is 26.2 Å². The number of aryl methyl sites for hydroxylation is 1. The van der Waals surface area contributed by atoms with Crippen LogP contribution in [0.2, 0.25) is 0 Å². The van der Waals surface area contributed by atoms with Gasteiger partial charge in [0.1, 0.15) is 5.75 Å². The van der Waals surface area contributed by atoms with E-state index in [2.05, 4.69) is 0 Å². The predicted octanol–water partition coefficient (Wildman–Crippen LogP) is 2.55. The maximum Gasteiger partial charge on any atom is 0.313 e. The summed E-state index contributed by atoms with van der Waals surface area (Å²) in [5.41, 5.74) is 6.43. The zero-order valence-corrected chi connectivity index (χ0v) is 12.6. The van der Waals surface area contributed by atoms with Gasteiger partial charge < -0.3 is 15.2 Å². The fourth-order valence-electron chi connectivity index (χ4n) is 2.21. The Kier molecular flexibility index (Phi) is 6.52. The Morgan fingerprint density at radius 1 is 1.25 bits per heavy atom. The van der Waals surface area contributed by atoms with Crippen molar-refractivity contribution in [1.29, 1.82) is 0 Å². The summed E-state index contributed by atoms with van der Waals surface area (Å²) in [6.45, 7) is 4.51. The quantitative estimate of drug-likeness (QED) is 0.743. The van der Waals surface area contributed by atoms with Gasteiger partial charge >= 0.3 is 5.97 Å². The van der Waals surface area contributed by atoms with E-state index >= 15 is 0 Å². The molecule has 0 aromatic heterocycles. The molecule has 1 atom stereocenters. The van der Waals surface area contributed by atoms with Crippen LogP contribution in [0.1, 0.15) is 32.3 Å². The highest BCUT2D eigenvalue weighted by Crippen LogP contribution is 2.29. The molecular formula is C16H25NO3. The number of rotatable bonds is 8. The minimum absolute atomic E-state index is 0.182. The molecule has 112 valence electrons. The van der Waals surface area contributed by atoms with Crippen molar-refractivity contribution in [2.45, 2.75) is 33.1 Å². The van der Waals surface area contributed by atoms with E-state index in [0.717, 1.165) is 12.2 Å². The van der Waals surface area contributed by atoms with Crippen LogP contribution in [-0.2, 0) is 16.0 Å². The highest BCUT2D eigenvalue weighted by Gasteiger charge is 2.36. The average Bonchev–Trinajstić information content (AvgIpc) is 2.49. The van der Waals surface area contributed by atoms with Crippen molar-refractivity contribution in [3.05, 3.63) is 29.8 Å². The van der Waals surface area contributed by atoms with Crippen molar-refractivity contribution in [1.82, 2.24) is 0 Å². The standard InChI is InChI=1S/C16H25NO3/c1-4-16(12-17,15(18)20-5-2)11-10-13-6-8-14(19-3)9-7-13/h6-9H,4-5,10-12,17H2,1-3H3. The molecule has 0 heterocycles. The maximum atomic E-state index is 12.1. The van der Waals surface area contributed by atoms with Gasteiger partial charge in [0.25, 0.3) is 0 Å². The van der Waals surface area contributed by atoms with Gasteiger partial charge in [0.05, 0.1) is 19.1 Å². The lowest BCUT2D eigenvalue weighted by atomic mass is 9.79. The molecule has 0 amide bonds. The maximum absolute atomic E-state index is 12.1. The average molecular weight is 279 g/mol. The van der Waals surface area contributed by atoms with Crippen LogP contribution in [0.4, 0.5) is 0 Å². The Labute approximate surface area is 121 Å². The van der Waals surface area contributed by atoms with E-state index in [9.17, 15) is 4.79 Å². The molecule has 20 heavy (non-hydrogen) atoms. The Hall–Kier alpha value is -1.55. The highest BCUT2D eigenvalue weighted by molar-refractivity contribution is 5.77. The first-order chi connectivity index (χ1) is 9.61. The van der Waals surface area contributed by atoms with Crippen molar-refractivity contribution < 1.29 is 14.3 Å². The molecule has 0 saturated carbocycles. The molecule has 0 spiro atoms. The lowest BCUT2D eigenvalue weighted by molar-refractivity contribution is -0.155. The Morgan fingerprint density at radius 3 is 2.35 bits per heavy atom. The molecule has 1 rings (SSSR count). The van der Waals surface area contributed by atoms with E-state index in [4.69, 9.17) is 15.2 Å². The Bertz CT molecular complexity index is 410. The normalized spacial score (nSPS) is 13.6. The summed E-state index contributed by atoms with van der Waals surface area (Å²) in [6.07, 6.45) is 2.19. The van der Waals surface area contributed by atoms with Gasteiger partial charge in [0.2, 0.25) is 0 Å². The zero-order chi connectivity index (χ0) is 15.0. The number of esters is 1. The largest absolute Gasteiger partial charge is 0.497 e. The molecule has 0 aliphatic heterocycles. The third-order valence-electron chi connectivity index (χ3n) is 3.83. The van der Waals surface area contributed by atoms with Crippen LogP contribution in [0, 0.1) is 5.41 Å². The summed E-state index contributed by atoms with van der Waals surface area (Å²) in [5.74, 6) is 0.651. The second kappa shape index (κ2) is 7.90. The lowest BCUT2D eigenvalue weighted by Crippen LogP contribution is -2.40. The lowest BCUT2D eigenvalue weighted by Gasteiger charge is -2.28. The molecule has 2 N–H and O–H groups in total. The van der Waals surface area contributed by atoms with Crippen LogP contribution >= 0.6 is 0 Å². The predicted molar refractivity (Wildman–Crippen MR) is 79.7 cm³/mol. The van der Waals surface area contributed by atoms with Crippen LogP contribution in [0.15, 0.2) is 24.3 Å². The Balaban J connectivity index is 2.72. The molecular weight excluding hydrogens is 254 g/mol. The van der Waals surface area contributed by atoms with E-state index in [0.29, 0.717) is 26.0 Å². The molecule has 0 radical (unpaired) electrons. The fraction of sp³-hybridized carbons (Fsp3) is 0.562. The van der Waals surface area contributed by atoms with E-state index in [1.165, 1.54) is 5.56 Å². The molecule has 1 aromatic carbocycles. The number of hydrogen-bond acceptors (Lipinski definition) is 4. The minimum atomic E-state index is -0.573. The fourth-order valence-corrected chi connectivity index (χ4v) is 2.21. The van der Waals surface area contributed by atoms with Crippen molar-refractivity contribution in [3.63, 3.8) is 0 Å². The van der Waals surface area contributed by atoms with Crippen molar-refractivity contribution in [3.8, 4) is 5.75 Å². The third-order valence-corrected chi connectivity index (χ3v) is 3.83. The van der Waals surface area contributed by atoms with Crippen LogP contribution in [0.5, 0.6) is 5.75 Å². The van der Waals surface area contributed by atoms with E-state index in [1.807, 2.05) is 38.1 Å². The monoisotopic (exact) mass is 279 g/mol. The third kappa shape index (κ3) is 3.97. The van der Waals surface area contributed by atoms with Gasteiger partial charge in [-0.2, -0.15) is 0 Å². The van der Waals surface area contributed by atoms with Crippen LogP contribution < -0.4 is 10.5 Å². The van der Waals surface area contributed by atoms with Gasteiger partial charge in [-0.1, -0.05) is 19.1 Å². The van der Waals surface area contributed by atoms with Gasteiger partial charge in [0.15, 0.2) is 0 Å². The smallest absolute Gasteiger partial charge is 0.313 e. The number of methoxy groups -OCH3 is 1. The minimum Gasteiger partial charge on any atom is -0.497 e. The summed E-state index contributed by atoms with van der Waals surface area (Å²) in [7, 11) is 1.65. The molecule has 0 bridgehead atoms. The summed E-state index contributed by atoms with van der Waals surface area (Å²) >= 11 is 0. The van der Waals surface area contributed by atoms with E-state index in [-0.39, 0.29) is 5.97 Å². The van der Waals surface area contributed by atoms with Crippen molar-refractivity contribution in [2.75, 3.05) is 20.3 Å². The molecule has 4 nitrogen and oxygen atoms in total. The molecule has 0 aliphatic carbocycles.